The van der Waals surface area contributed by atoms with Crippen LogP contribution in [0.25, 0.3) is 17.4 Å². The summed E-state index contributed by atoms with van der Waals surface area (Å²) < 4.78 is 16.6. The minimum absolute atomic E-state index is 0.104. The highest BCUT2D eigenvalue weighted by Crippen LogP contribution is 2.40. The van der Waals surface area contributed by atoms with Crippen molar-refractivity contribution >= 4 is 57.0 Å². The minimum atomic E-state index is -0.307. The average Bonchev–Trinajstić information content (AvgIpc) is 3.44. The molecule has 1 aliphatic rings. The van der Waals surface area contributed by atoms with Gasteiger partial charge in [-0.25, -0.2) is 9.88 Å². The Morgan fingerprint density at radius 3 is 2.72 bits per heavy atom. The number of halogens is 1. The number of thiazole rings is 1. The highest BCUT2D eigenvalue weighted by atomic mass is 35.5. The zero-order chi connectivity index (χ0) is 20.5. The maximum atomic E-state index is 12.7. The van der Waals surface area contributed by atoms with E-state index >= 15 is 0 Å². The van der Waals surface area contributed by atoms with Gasteiger partial charge in [0.15, 0.2) is 10.3 Å². The van der Waals surface area contributed by atoms with Gasteiger partial charge in [0.1, 0.15) is 23.0 Å². The standard InChI is InChI=1S/C19H14ClN3O4S2/c1-25-14-9-12(20)15(26-2)8-11(14)13-4-3-10(27-13)7-16-17(24)23(18(21)29-16)19-22-5-6-28-19/h3-9,21H,1-2H3/b16-7-,21-18?. The summed E-state index contributed by atoms with van der Waals surface area (Å²) >= 11 is 8.52. The van der Waals surface area contributed by atoms with Crippen LogP contribution in [-0.4, -0.2) is 30.3 Å². The summed E-state index contributed by atoms with van der Waals surface area (Å²) in [5.41, 5.74) is 0.668. The van der Waals surface area contributed by atoms with E-state index in [2.05, 4.69) is 4.98 Å². The predicted molar refractivity (Wildman–Crippen MR) is 115 cm³/mol. The molecule has 1 N–H and O–H groups in total. The van der Waals surface area contributed by atoms with Crippen LogP contribution in [0.4, 0.5) is 5.13 Å². The molecule has 2 aromatic heterocycles. The molecule has 148 valence electrons. The highest BCUT2D eigenvalue weighted by molar-refractivity contribution is 8.19. The molecule has 0 spiro atoms. The van der Waals surface area contributed by atoms with Gasteiger partial charge in [0.2, 0.25) is 0 Å². The largest absolute Gasteiger partial charge is 0.496 e. The lowest BCUT2D eigenvalue weighted by molar-refractivity contribution is -0.113. The molecule has 0 unspecified atom stereocenters. The molecule has 0 bridgehead atoms. The van der Waals surface area contributed by atoms with Crippen LogP contribution >= 0.6 is 34.7 Å². The van der Waals surface area contributed by atoms with Crippen LogP contribution in [-0.2, 0) is 4.79 Å². The van der Waals surface area contributed by atoms with E-state index in [-0.39, 0.29) is 11.1 Å². The number of anilines is 1. The molecular weight excluding hydrogens is 434 g/mol. The predicted octanol–water partition coefficient (Wildman–Crippen LogP) is 5.13. The van der Waals surface area contributed by atoms with Crippen molar-refractivity contribution in [2.45, 2.75) is 0 Å². The van der Waals surface area contributed by atoms with Crippen LogP contribution in [0.3, 0.4) is 0 Å². The summed E-state index contributed by atoms with van der Waals surface area (Å²) in [4.78, 5) is 18.5. The number of nitrogens with one attached hydrogen (secondary N) is 1. The molecule has 3 heterocycles. The van der Waals surface area contributed by atoms with Gasteiger partial charge < -0.3 is 13.9 Å². The quantitative estimate of drug-likeness (QED) is 0.545. The lowest BCUT2D eigenvalue weighted by atomic mass is 10.1. The molecule has 4 rings (SSSR count). The van der Waals surface area contributed by atoms with Gasteiger partial charge in [0, 0.05) is 23.7 Å². The molecule has 0 atom stereocenters. The van der Waals surface area contributed by atoms with Crippen molar-refractivity contribution in [1.29, 1.82) is 5.41 Å². The smallest absolute Gasteiger partial charge is 0.273 e. The zero-order valence-electron chi connectivity index (χ0n) is 15.3. The van der Waals surface area contributed by atoms with Gasteiger partial charge in [0.25, 0.3) is 5.91 Å². The van der Waals surface area contributed by atoms with Crippen molar-refractivity contribution in [1.82, 2.24) is 4.98 Å². The zero-order valence-corrected chi connectivity index (χ0v) is 17.7. The van der Waals surface area contributed by atoms with E-state index in [1.165, 1.54) is 23.3 Å². The Kier molecular flexibility index (Phi) is 5.35. The molecule has 1 aliphatic heterocycles. The van der Waals surface area contributed by atoms with E-state index in [9.17, 15) is 4.79 Å². The summed E-state index contributed by atoms with van der Waals surface area (Å²) in [6.45, 7) is 0. The van der Waals surface area contributed by atoms with Crippen LogP contribution in [0.1, 0.15) is 5.76 Å². The van der Waals surface area contributed by atoms with Crippen LogP contribution in [0, 0.1) is 5.41 Å². The van der Waals surface area contributed by atoms with Crippen LogP contribution < -0.4 is 14.4 Å². The number of benzene rings is 1. The molecule has 1 amide bonds. The Balaban J connectivity index is 1.65. The fourth-order valence-corrected chi connectivity index (χ4v) is 4.50. The molecular formula is C19H14ClN3O4S2. The highest BCUT2D eigenvalue weighted by Gasteiger charge is 2.35. The SMILES string of the molecule is COc1cc(-c2ccc(/C=C3\SC(=N)N(c4nccs4)C3=O)o2)c(OC)cc1Cl. The third kappa shape index (κ3) is 3.64. The summed E-state index contributed by atoms with van der Waals surface area (Å²) in [6, 6.07) is 6.89. The molecule has 29 heavy (non-hydrogen) atoms. The molecule has 0 radical (unpaired) electrons. The number of nitrogens with zero attached hydrogens (tertiary/aromatic N) is 2. The fourth-order valence-electron chi connectivity index (χ4n) is 2.74. The molecule has 10 heteroatoms. The van der Waals surface area contributed by atoms with Crippen molar-refractivity contribution in [3.8, 4) is 22.8 Å². The number of methoxy groups -OCH3 is 2. The summed E-state index contributed by atoms with van der Waals surface area (Å²) in [5, 5.41) is 10.8. The lowest BCUT2D eigenvalue weighted by Crippen LogP contribution is -2.27. The molecule has 0 aliphatic carbocycles. The Morgan fingerprint density at radius 1 is 1.24 bits per heavy atom. The number of amidine groups is 1. The van der Waals surface area contributed by atoms with Crippen molar-refractivity contribution in [2.75, 3.05) is 19.1 Å². The summed E-state index contributed by atoms with van der Waals surface area (Å²) in [5.74, 6) is 1.73. The second kappa shape index (κ2) is 7.94. The first kappa shape index (κ1) is 19.6. The second-order valence-corrected chi connectivity index (χ2v) is 8.07. The first-order chi connectivity index (χ1) is 14.0. The van der Waals surface area contributed by atoms with Gasteiger partial charge in [-0.15, -0.1) is 11.3 Å². The number of ether oxygens (including phenoxy) is 2. The topological polar surface area (TPSA) is 88.7 Å². The number of carbonyl (C=O) groups is 1. The molecule has 1 aromatic carbocycles. The monoisotopic (exact) mass is 447 g/mol. The first-order valence-electron chi connectivity index (χ1n) is 8.25. The number of rotatable bonds is 5. The first-order valence-corrected chi connectivity index (χ1v) is 10.3. The van der Waals surface area contributed by atoms with E-state index < -0.39 is 0 Å². The van der Waals surface area contributed by atoms with Gasteiger partial charge in [-0.1, -0.05) is 11.6 Å². The van der Waals surface area contributed by atoms with Gasteiger partial charge in [-0.3, -0.25) is 10.2 Å². The second-order valence-electron chi connectivity index (χ2n) is 5.76. The van der Waals surface area contributed by atoms with E-state index in [4.69, 9.17) is 30.9 Å². The number of furan rings is 1. The maximum absolute atomic E-state index is 12.7. The summed E-state index contributed by atoms with van der Waals surface area (Å²) in [7, 11) is 3.07. The molecule has 3 aromatic rings. The minimum Gasteiger partial charge on any atom is -0.496 e. The number of aromatic nitrogens is 1. The maximum Gasteiger partial charge on any atom is 0.273 e. The van der Waals surface area contributed by atoms with Gasteiger partial charge >= 0.3 is 0 Å². The van der Waals surface area contributed by atoms with E-state index in [0.29, 0.717) is 43.6 Å². The fraction of sp³-hybridized carbons (Fsp3) is 0.105. The summed E-state index contributed by atoms with van der Waals surface area (Å²) in [6.07, 6.45) is 3.21. The number of thioether (sulfide) groups is 1. The van der Waals surface area contributed by atoms with E-state index in [1.807, 2.05) is 0 Å². The van der Waals surface area contributed by atoms with Crippen molar-refractivity contribution in [3.05, 3.63) is 51.5 Å². The molecule has 0 saturated carbocycles. The van der Waals surface area contributed by atoms with Crippen LogP contribution in [0.2, 0.25) is 5.02 Å². The Morgan fingerprint density at radius 2 is 2.03 bits per heavy atom. The molecule has 1 fully saturated rings. The Labute approximate surface area is 179 Å². The molecule has 7 nitrogen and oxygen atoms in total. The normalized spacial score (nSPS) is 15.4. The number of hydrogen-bond acceptors (Lipinski definition) is 8. The van der Waals surface area contributed by atoms with Crippen molar-refractivity contribution in [3.63, 3.8) is 0 Å². The number of amides is 1. The van der Waals surface area contributed by atoms with E-state index in [1.54, 1.807) is 49.0 Å². The lowest BCUT2D eigenvalue weighted by Gasteiger charge is -2.10. The Bertz CT molecular complexity index is 1120. The third-order valence-corrected chi connectivity index (χ3v) is 6.01. The third-order valence-electron chi connectivity index (χ3n) is 4.07. The number of carbonyl (C=O) groups excluding carboxylic acids is 1. The van der Waals surface area contributed by atoms with Crippen LogP contribution in [0.15, 0.2) is 45.2 Å². The van der Waals surface area contributed by atoms with Crippen molar-refractivity contribution in [2.24, 2.45) is 0 Å². The van der Waals surface area contributed by atoms with Gasteiger partial charge in [-0.05, 0) is 30.0 Å². The molecule has 1 saturated heterocycles. The Hall–Kier alpha value is -2.75. The average molecular weight is 448 g/mol. The van der Waals surface area contributed by atoms with Crippen molar-refractivity contribution < 1.29 is 18.7 Å². The van der Waals surface area contributed by atoms with E-state index in [0.717, 1.165) is 11.8 Å². The number of hydrogen-bond donors (Lipinski definition) is 1. The van der Waals surface area contributed by atoms with Gasteiger partial charge in [-0.2, -0.15) is 0 Å². The van der Waals surface area contributed by atoms with Crippen LogP contribution in [0.5, 0.6) is 11.5 Å². The van der Waals surface area contributed by atoms with Gasteiger partial charge in [0.05, 0.1) is 29.7 Å².